The van der Waals surface area contributed by atoms with Gasteiger partial charge in [0, 0.05) is 23.3 Å². The van der Waals surface area contributed by atoms with Gasteiger partial charge in [-0.2, -0.15) is 0 Å². The Morgan fingerprint density at radius 1 is 1.37 bits per heavy atom. The summed E-state index contributed by atoms with van der Waals surface area (Å²) in [5.41, 5.74) is 0.197. The lowest BCUT2D eigenvalue weighted by molar-refractivity contribution is 0.101. The first-order valence-electron chi connectivity index (χ1n) is 5.63. The summed E-state index contributed by atoms with van der Waals surface area (Å²) < 4.78 is 28.9. The van der Waals surface area contributed by atoms with Crippen LogP contribution in [0, 0.1) is 11.6 Å². The van der Waals surface area contributed by atoms with Crippen LogP contribution in [0.3, 0.4) is 0 Å². The van der Waals surface area contributed by atoms with Crippen LogP contribution in [0.25, 0.3) is 0 Å². The van der Waals surface area contributed by atoms with Crippen LogP contribution < -0.4 is 5.32 Å². The summed E-state index contributed by atoms with van der Waals surface area (Å²) in [6, 6.07) is 4.54. The highest BCUT2D eigenvalue weighted by Crippen LogP contribution is 2.19. The number of aromatic nitrogens is 1. The number of aryl methyl sites for hydroxylation is 1. The van der Waals surface area contributed by atoms with Gasteiger partial charge in [0.2, 0.25) is 0 Å². The third-order valence-electron chi connectivity index (χ3n) is 2.61. The highest BCUT2D eigenvalue weighted by atomic mass is 79.9. The zero-order valence-corrected chi connectivity index (χ0v) is 11.7. The molecule has 0 aliphatic carbocycles. The molecular formula is C13H11BrF2N2O. The summed E-state index contributed by atoms with van der Waals surface area (Å²) in [5, 5.41) is 2.36. The number of rotatable bonds is 3. The second kappa shape index (κ2) is 5.52. The Morgan fingerprint density at radius 2 is 2.11 bits per heavy atom. The first-order valence-corrected chi connectivity index (χ1v) is 6.42. The Balaban J connectivity index is 2.27. The highest BCUT2D eigenvalue weighted by Gasteiger charge is 2.14. The Hall–Kier alpha value is -1.69. The lowest BCUT2D eigenvalue weighted by Crippen LogP contribution is -2.17. The van der Waals surface area contributed by atoms with Crippen molar-refractivity contribution in [1.29, 1.82) is 0 Å². The van der Waals surface area contributed by atoms with Gasteiger partial charge >= 0.3 is 0 Å². The molecular weight excluding hydrogens is 318 g/mol. The number of nitrogens with zero attached hydrogens (tertiary/aromatic N) is 1. The van der Waals surface area contributed by atoms with Crippen molar-refractivity contribution in [3.05, 3.63) is 52.3 Å². The van der Waals surface area contributed by atoms with E-state index in [0.717, 1.165) is 22.7 Å². The molecule has 2 aromatic rings. The quantitative estimate of drug-likeness (QED) is 0.913. The van der Waals surface area contributed by atoms with E-state index in [1.54, 1.807) is 16.8 Å². The van der Waals surface area contributed by atoms with Gasteiger partial charge in [0.15, 0.2) is 0 Å². The van der Waals surface area contributed by atoms with E-state index in [-0.39, 0.29) is 5.69 Å². The van der Waals surface area contributed by atoms with Crippen molar-refractivity contribution < 1.29 is 13.6 Å². The second-order valence-electron chi connectivity index (χ2n) is 3.91. The van der Waals surface area contributed by atoms with Crippen molar-refractivity contribution in [3.63, 3.8) is 0 Å². The number of carbonyl (C=O) groups is 1. The number of hydrogen-bond donors (Lipinski definition) is 1. The lowest BCUT2D eigenvalue weighted by atomic mass is 10.3. The molecule has 0 fully saturated rings. The molecule has 0 aliphatic heterocycles. The van der Waals surface area contributed by atoms with Crippen LogP contribution in [0.2, 0.25) is 0 Å². The molecule has 1 aromatic heterocycles. The number of carbonyl (C=O) groups excluding carboxylic acids is 1. The first-order chi connectivity index (χ1) is 9.01. The first kappa shape index (κ1) is 13.7. The monoisotopic (exact) mass is 328 g/mol. The SMILES string of the molecule is CCn1cc(Br)cc1C(=O)Nc1cc(F)ccc1F. The molecule has 1 heterocycles. The number of anilines is 1. The molecule has 1 N–H and O–H groups in total. The fraction of sp³-hybridized carbons (Fsp3) is 0.154. The molecule has 0 spiro atoms. The number of amides is 1. The van der Waals surface area contributed by atoms with E-state index >= 15 is 0 Å². The molecule has 0 bridgehead atoms. The van der Waals surface area contributed by atoms with Crippen LogP contribution in [0.5, 0.6) is 0 Å². The van der Waals surface area contributed by atoms with Gasteiger partial charge in [0.1, 0.15) is 17.3 Å². The predicted molar refractivity (Wildman–Crippen MR) is 72.1 cm³/mol. The molecule has 6 heteroatoms. The Kier molecular flexibility index (Phi) is 3.99. The van der Waals surface area contributed by atoms with E-state index in [0.29, 0.717) is 12.2 Å². The maximum atomic E-state index is 13.4. The van der Waals surface area contributed by atoms with E-state index < -0.39 is 17.5 Å². The van der Waals surface area contributed by atoms with Gasteiger partial charge in [-0.1, -0.05) is 0 Å². The third kappa shape index (κ3) is 3.01. The number of benzene rings is 1. The minimum absolute atomic E-state index is 0.176. The molecule has 100 valence electrons. The molecule has 2 rings (SSSR count). The summed E-state index contributed by atoms with van der Waals surface area (Å²) in [6.07, 6.45) is 1.75. The van der Waals surface area contributed by atoms with Gasteiger partial charge in [-0.25, -0.2) is 8.78 Å². The van der Waals surface area contributed by atoms with Crippen molar-refractivity contribution in [2.24, 2.45) is 0 Å². The molecule has 19 heavy (non-hydrogen) atoms. The van der Waals surface area contributed by atoms with E-state index in [9.17, 15) is 13.6 Å². The minimum atomic E-state index is -0.677. The molecule has 0 atom stereocenters. The van der Waals surface area contributed by atoms with Gasteiger partial charge in [-0.05, 0) is 41.1 Å². The topological polar surface area (TPSA) is 34.0 Å². The van der Waals surface area contributed by atoms with Gasteiger partial charge < -0.3 is 9.88 Å². The van der Waals surface area contributed by atoms with Crippen LogP contribution in [-0.4, -0.2) is 10.5 Å². The van der Waals surface area contributed by atoms with Gasteiger partial charge in [0.05, 0.1) is 5.69 Å². The summed E-state index contributed by atoms with van der Waals surface area (Å²) in [6.45, 7) is 2.48. The highest BCUT2D eigenvalue weighted by molar-refractivity contribution is 9.10. The fourth-order valence-electron chi connectivity index (χ4n) is 1.71. The molecule has 1 aromatic carbocycles. The standard InChI is InChI=1S/C13H11BrF2N2O/c1-2-18-7-8(14)5-12(18)13(19)17-11-6-9(15)3-4-10(11)16/h3-7H,2H2,1H3,(H,17,19). The molecule has 0 radical (unpaired) electrons. The van der Waals surface area contributed by atoms with Crippen molar-refractivity contribution in [2.45, 2.75) is 13.5 Å². The van der Waals surface area contributed by atoms with E-state index in [1.807, 2.05) is 6.92 Å². The number of nitrogens with one attached hydrogen (secondary N) is 1. The summed E-state index contributed by atoms with van der Waals surface area (Å²) in [5.74, 6) is -1.77. The number of hydrogen-bond acceptors (Lipinski definition) is 1. The normalized spacial score (nSPS) is 10.5. The van der Waals surface area contributed by atoms with Crippen molar-refractivity contribution in [3.8, 4) is 0 Å². The van der Waals surface area contributed by atoms with Gasteiger partial charge in [-0.15, -0.1) is 0 Å². The minimum Gasteiger partial charge on any atom is -0.343 e. The zero-order valence-electron chi connectivity index (χ0n) is 10.1. The van der Waals surface area contributed by atoms with Gasteiger partial charge in [-0.3, -0.25) is 4.79 Å². The van der Waals surface area contributed by atoms with Crippen LogP contribution in [-0.2, 0) is 6.54 Å². The summed E-state index contributed by atoms with van der Waals surface area (Å²) >= 11 is 3.27. The Morgan fingerprint density at radius 3 is 2.79 bits per heavy atom. The second-order valence-corrected chi connectivity index (χ2v) is 4.82. The average molecular weight is 329 g/mol. The average Bonchev–Trinajstić information content (AvgIpc) is 2.75. The van der Waals surface area contributed by atoms with Crippen LogP contribution in [0.1, 0.15) is 17.4 Å². The smallest absolute Gasteiger partial charge is 0.272 e. The summed E-state index contributed by atoms with van der Waals surface area (Å²) in [7, 11) is 0. The van der Waals surface area contributed by atoms with E-state index in [2.05, 4.69) is 21.2 Å². The molecule has 0 saturated carbocycles. The van der Waals surface area contributed by atoms with Crippen molar-refractivity contribution in [1.82, 2.24) is 4.57 Å². The Bertz CT molecular complexity index is 625. The third-order valence-corrected chi connectivity index (χ3v) is 3.05. The van der Waals surface area contributed by atoms with E-state index in [1.165, 1.54) is 0 Å². The van der Waals surface area contributed by atoms with E-state index in [4.69, 9.17) is 0 Å². The maximum Gasteiger partial charge on any atom is 0.272 e. The summed E-state index contributed by atoms with van der Waals surface area (Å²) in [4.78, 5) is 12.0. The van der Waals surface area contributed by atoms with Crippen LogP contribution in [0.15, 0.2) is 34.9 Å². The van der Waals surface area contributed by atoms with Crippen LogP contribution >= 0.6 is 15.9 Å². The Labute approximate surface area is 117 Å². The zero-order chi connectivity index (χ0) is 14.0. The lowest BCUT2D eigenvalue weighted by Gasteiger charge is -2.08. The fourth-order valence-corrected chi connectivity index (χ4v) is 2.17. The molecule has 0 unspecified atom stereocenters. The number of halogens is 3. The largest absolute Gasteiger partial charge is 0.343 e. The molecule has 3 nitrogen and oxygen atoms in total. The predicted octanol–water partition coefficient (Wildman–Crippen LogP) is 3.80. The van der Waals surface area contributed by atoms with Gasteiger partial charge in [0.25, 0.3) is 5.91 Å². The van der Waals surface area contributed by atoms with Crippen LogP contribution in [0.4, 0.5) is 14.5 Å². The molecule has 0 saturated heterocycles. The molecule has 0 aliphatic rings. The molecule has 1 amide bonds. The van der Waals surface area contributed by atoms with Crippen molar-refractivity contribution >= 4 is 27.5 Å². The van der Waals surface area contributed by atoms with Crippen molar-refractivity contribution in [2.75, 3.05) is 5.32 Å². The maximum absolute atomic E-state index is 13.4.